The number of anilines is 1. The van der Waals surface area contributed by atoms with Crippen LogP contribution in [-0.4, -0.2) is 52.5 Å². The Bertz CT molecular complexity index is 527. The van der Waals surface area contributed by atoms with E-state index >= 15 is 0 Å². The standard InChI is InChI=1S/C15H24N4O2/c1-14(2,3)12-16-9-17-13(18-12)19-8-15(4,5)21-11-7-20-6-10(11)19/h9-11H,6-8H2,1-5H3/t10-,11-/m1/s1. The van der Waals surface area contributed by atoms with Crippen LogP contribution in [0, 0.1) is 0 Å². The molecule has 21 heavy (non-hydrogen) atoms. The van der Waals surface area contributed by atoms with Crippen molar-refractivity contribution >= 4 is 5.95 Å². The van der Waals surface area contributed by atoms with Crippen molar-refractivity contribution in [2.45, 2.75) is 57.8 Å². The molecule has 0 aliphatic carbocycles. The molecule has 2 atom stereocenters. The second-order valence-corrected chi connectivity index (χ2v) is 7.51. The molecule has 2 fully saturated rings. The van der Waals surface area contributed by atoms with Gasteiger partial charge < -0.3 is 14.4 Å². The smallest absolute Gasteiger partial charge is 0.229 e. The Hall–Kier alpha value is -1.27. The lowest BCUT2D eigenvalue weighted by Crippen LogP contribution is -2.59. The van der Waals surface area contributed by atoms with E-state index in [-0.39, 0.29) is 23.2 Å². The summed E-state index contributed by atoms with van der Waals surface area (Å²) in [5, 5.41) is 0. The van der Waals surface area contributed by atoms with Gasteiger partial charge in [0.05, 0.1) is 24.9 Å². The number of ether oxygens (including phenoxy) is 2. The van der Waals surface area contributed by atoms with Crippen LogP contribution in [0.25, 0.3) is 0 Å². The van der Waals surface area contributed by atoms with E-state index in [4.69, 9.17) is 9.47 Å². The minimum absolute atomic E-state index is 0.0867. The first-order valence-electron chi connectivity index (χ1n) is 7.48. The van der Waals surface area contributed by atoms with Crippen LogP contribution < -0.4 is 4.90 Å². The third-order valence-electron chi connectivity index (χ3n) is 3.91. The van der Waals surface area contributed by atoms with E-state index in [1.54, 1.807) is 6.33 Å². The fourth-order valence-electron chi connectivity index (χ4n) is 2.91. The monoisotopic (exact) mass is 292 g/mol. The Morgan fingerprint density at radius 1 is 1.24 bits per heavy atom. The van der Waals surface area contributed by atoms with Crippen molar-refractivity contribution in [2.75, 3.05) is 24.7 Å². The molecule has 1 aromatic rings. The van der Waals surface area contributed by atoms with Gasteiger partial charge >= 0.3 is 0 Å². The summed E-state index contributed by atoms with van der Waals surface area (Å²) in [6.45, 7) is 12.6. The van der Waals surface area contributed by atoms with Gasteiger partial charge in [-0.25, -0.2) is 9.97 Å². The highest BCUT2D eigenvalue weighted by atomic mass is 16.6. The van der Waals surface area contributed by atoms with Crippen LogP contribution in [0.5, 0.6) is 0 Å². The van der Waals surface area contributed by atoms with Crippen LogP contribution in [0.1, 0.15) is 40.4 Å². The summed E-state index contributed by atoms with van der Waals surface area (Å²) in [5.41, 5.74) is -0.325. The topological polar surface area (TPSA) is 60.4 Å². The third kappa shape index (κ3) is 2.87. The molecule has 0 saturated carbocycles. The summed E-state index contributed by atoms with van der Waals surface area (Å²) in [7, 11) is 0. The molecule has 2 aliphatic rings. The van der Waals surface area contributed by atoms with E-state index in [1.165, 1.54) is 0 Å². The number of fused-ring (bicyclic) bond motifs is 1. The molecule has 3 rings (SSSR count). The van der Waals surface area contributed by atoms with Gasteiger partial charge in [0.25, 0.3) is 0 Å². The van der Waals surface area contributed by atoms with Crippen molar-refractivity contribution in [3.63, 3.8) is 0 Å². The Morgan fingerprint density at radius 3 is 2.71 bits per heavy atom. The van der Waals surface area contributed by atoms with Gasteiger partial charge in [0.1, 0.15) is 18.3 Å². The predicted octanol–water partition coefficient (Wildman–Crippen LogP) is 1.55. The van der Waals surface area contributed by atoms with Crippen molar-refractivity contribution in [1.29, 1.82) is 0 Å². The predicted molar refractivity (Wildman–Crippen MR) is 79.4 cm³/mol. The van der Waals surface area contributed by atoms with Crippen LogP contribution in [0.4, 0.5) is 5.95 Å². The molecule has 116 valence electrons. The summed E-state index contributed by atoms with van der Waals surface area (Å²) in [4.78, 5) is 15.6. The number of hydrogen-bond donors (Lipinski definition) is 0. The number of morpholine rings is 1. The summed E-state index contributed by atoms with van der Waals surface area (Å²) < 4.78 is 11.7. The van der Waals surface area contributed by atoms with Gasteiger partial charge in [-0.05, 0) is 13.8 Å². The molecule has 0 unspecified atom stereocenters. The Kier molecular flexibility index (Phi) is 3.41. The van der Waals surface area contributed by atoms with E-state index in [2.05, 4.69) is 54.5 Å². The second kappa shape index (κ2) is 4.88. The van der Waals surface area contributed by atoms with E-state index in [0.717, 1.165) is 18.3 Å². The van der Waals surface area contributed by atoms with Crippen LogP contribution in [-0.2, 0) is 14.9 Å². The van der Waals surface area contributed by atoms with Gasteiger partial charge in [-0.1, -0.05) is 20.8 Å². The number of rotatable bonds is 1. The molecule has 0 spiro atoms. The van der Waals surface area contributed by atoms with Crippen LogP contribution in [0.3, 0.4) is 0 Å². The maximum Gasteiger partial charge on any atom is 0.229 e. The third-order valence-corrected chi connectivity index (χ3v) is 3.91. The van der Waals surface area contributed by atoms with Gasteiger partial charge in [0.15, 0.2) is 0 Å². The molecule has 0 bridgehead atoms. The SMILES string of the molecule is CC1(C)CN(c2ncnc(C(C)(C)C)n2)[C@@H]2COC[C@H]2O1. The van der Waals surface area contributed by atoms with Crippen molar-refractivity contribution < 1.29 is 9.47 Å². The van der Waals surface area contributed by atoms with Crippen molar-refractivity contribution in [1.82, 2.24) is 15.0 Å². The van der Waals surface area contributed by atoms with Crippen molar-refractivity contribution in [3.8, 4) is 0 Å². The summed E-state index contributed by atoms with van der Waals surface area (Å²) in [6.07, 6.45) is 1.69. The average molecular weight is 292 g/mol. The van der Waals surface area contributed by atoms with Crippen molar-refractivity contribution in [2.24, 2.45) is 0 Å². The van der Waals surface area contributed by atoms with Gasteiger partial charge in [-0.15, -0.1) is 0 Å². The molecule has 1 aromatic heterocycles. The zero-order valence-electron chi connectivity index (χ0n) is 13.5. The maximum absolute atomic E-state index is 6.11. The van der Waals surface area contributed by atoms with Crippen LogP contribution in [0.15, 0.2) is 6.33 Å². The fraction of sp³-hybridized carbons (Fsp3) is 0.800. The Morgan fingerprint density at radius 2 is 2.00 bits per heavy atom. The highest BCUT2D eigenvalue weighted by molar-refractivity contribution is 5.35. The molecule has 6 heteroatoms. The fourth-order valence-corrected chi connectivity index (χ4v) is 2.91. The summed E-state index contributed by atoms with van der Waals surface area (Å²) in [6, 6.07) is 0.188. The Balaban J connectivity index is 1.94. The number of hydrogen-bond acceptors (Lipinski definition) is 6. The lowest BCUT2D eigenvalue weighted by atomic mass is 9.96. The lowest BCUT2D eigenvalue weighted by molar-refractivity contribution is -0.0927. The molecular formula is C15H24N4O2. The van der Waals surface area contributed by atoms with Gasteiger partial charge in [-0.3, -0.25) is 0 Å². The minimum atomic E-state index is -0.233. The molecular weight excluding hydrogens is 268 g/mol. The summed E-state index contributed by atoms with van der Waals surface area (Å²) >= 11 is 0. The highest BCUT2D eigenvalue weighted by Gasteiger charge is 2.45. The highest BCUT2D eigenvalue weighted by Crippen LogP contribution is 2.32. The number of nitrogens with zero attached hydrogens (tertiary/aromatic N) is 4. The maximum atomic E-state index is 6.11. The van der Waals surface area contributed by atoms with Crippen molar-refractivity contribution in [3.05, 3.63) is 12.2 Å². The minimum Gasteiger partial charge on any atom is -0.376 e. The summed E-state index contributed by atoms with van der Waals surface area (Å²) in [5.74, 6) is 1.54. The lowest BCUT2D eigenvalue weighted by Gasteiger charge is -2.45. The van der Waals surface area contributed by atoms with Gasteiger partial charge in [-0.2, -0.15) is 4.98 Å². The van der Waals surface area contributed by atoms with E-state index < -0.39 is 0 Å². The largest absolute Gasteiger partial charge is 0.376 e. The zero-order chi connectivity index (χ0) is 15.3. The Labute approximate surface area is 125 Å². The molecule has 0 amide bonds. The van der Waals surface area contributed by atoms with E-state index in [9.17, 15) is 0 Å². The molecule has 0 N–H and O–H groups in total. The molecule has 0 radical (unpaired) electrons. The first-order valence-corrected chi connectivity index (χ1v) is 7.48. The van der Waals surface area contributed by atoms with E-state index in [1.807, 2.05) is 0 Å². The average Bonchev–Trinajstić information content (AvgIpc) is 2.83. The quantitative estimate of drug-likeness (QED) is 0.782. The molecule has 0 aromatic carbocycles. The first-order chi connectivity index (χ1) is 9.76. The molecule has 2 aliphatic heterocycles. The van der Waals surface area contributed by atoms with Gasteiger partial charge in [0, 0.05) is 12.0 Å². The molecule has 2 saturated heterocycles. The molecule has 6 nitrogen and oxygen atoms in total. The van der Waals surface area contributed by atoms with Crippen LogP contribution in [0.2, 0.25) is 0 Å². The zero-order valence-corrected chi connectivity index (χ0v) is 13.5. The molecule has 3 heterocycles. The van der Waals surface area contributed by atoms with Gasteiger partial charge in [0.2, 0.25) is 5.95 Å². The number of aromatic nitrogens is 3. The normalized spacial score (nSPS) is 28.5. The first kappa shape index (κ1) is 14.7. The van der Waals surface area contributed by atoms with E-state index in [0.29, 0.717) is 13.2 Å². The second-order valence-electron chi connectivity index (χ2n) is 7.51. The van der Waals surface area contributed by atoms with Crippen LogP contribution >= 0.6 is 0 Å².